The van der Waals surface area contributed by atoms with Crippen LogP contribution in [0.1, 0.15) is 12.5 Å². The van der Waals surface area contributed by atoms with E-state index in [9.17, 15) is 4.79 Å². The SMILES string of the molecule is CCOc1c(C)c(OC)c(OC)c2c(=O)n(C)cnc12. The molecule has 20 heavy (non-hydrogen) atoms. The molecule has 2 aromatic rings. The Kier molecular flexibility index (Phi) is 3.83. The number of benzene rings is 1. The summed E-state index contributed by atoms with van der Waals surface area (Å²) >= 11 is 0. The number of ether oxygens (including phenoxy) is 3. The Morgan fingerprint density at radius 2 is 1.85 bits per heavy atom. The van der Waals surface area contributed by atoms with Crippen molar-refractivity contribution in [2.24, 2.45) is 7.05 Å². The Bertz CT molecular complexity index is 707. The molecule has 0 radical (unpaired) electrons. The zero-order chi connectivity index (χ0) is 14.9. The molecule has 6 nitrogen and oxygen atoms in total. The van der Waals surface area contributed by atoms with Crippen LogP contribution in [0.25, 0.3) is 10.9 Å². The van der Waals surface area contributed by atoms with E-state index in [1.54, 1.807) is 7.05 Å². The molecule has 108 valence electrons. The van der Waals surface area contributed by atoms with Gasteiger partial charge in [0.25, 0.3) is 5.56 Å². The first-order valence-electron chi connectivity index (χ1n) is 6.29. The highest BCUT2D eigenvalue weighted by molar-refractivity contribution is 5.93. The molecule has 0 spiro atoms. The maximum absolute atomic E-state index is 12.4. The van der Waals surface area contributed by atoms with E-state index in [0.717, 1.165) is 5.56 Å². The van der Waals surface area contributed by atoms with Crippen molar-refractivity contribution >= 4 is 10.9 Å². The van der Waals surface area contributed by atoms with Crippen LogP contribution in [0.15, 0.2) is 11.1 Å². The minimum atomic E-state index is -0.203. The van der Waals surface area contributed by atoms with Crippen molar-refractivity contribution in [3.05, 3.63) is 22.2 Å². The second-order valence-electron chi connectivity index (χ2n) is 4.34. The molecule has 0 saturated carbocycles. The molecular formula is C14H18N2O4. The lowest BCUT2D eigenvalue weighted by molar-refractivity contribution is 0.328. The van der Waals surface area contributed by atoms with Gasteiger partial charge in [-0.05, 0) is 13.8 Å². The van der Waals surface area contributed by atoms with Crippen LogP contribution < -0.4 is 19.8 Å². The minimum Gasteiger partial charge on any atom is -0.492 e. The number of rotatable bonds is 4. The van der Waals surface area contributed by atoms with Crippen LogP contribution in [0, 0.1) is 6.92 Å². The third-order valence-electron chi connectivity index (χ3n) is 3.16. The largest absolute Gasteiger partial charge is 0.492 e. The number of fused-ring (bicyclic) bond motifs is 1. The molecule has 1 aromatic heterocycles. The van der Waals surface area contributed by atoms with Gasteiger partial charge in [0.1, 0.15) is 10.9 Å². The highest BCUT2D eigenvalue weighted by Crippen LogP contribution is 2.42. The monoisotopic (exact) mass is 278 g/mol. The second kappa shape index (κ2) is 5.40. The molecule has 0 amide bonds. The summed E-state index contributed by atoms with van der Waals surface area (Å²) < 4.78 is 17.8. The quantitative estimate of drug-likeness (QED) is 0.851. The van der Waals surface area contributed by atoms with Crippen LogP contribution in [0.3, 0.4) is 0 Å². The predicted octanol–water partition coefficient (Wildman–Crippen LogP) is 1.66. The van der Waals surface area contributed by atoms with Crippen molar-refractivity contribution in [1.82, 2.24) is 9.55 Å². The van der Waals surface area contributed by atoms with E-state index >= 15 is 0 Å². The zero-order valence-corrected chi connectivity index (χ0v) is 12.3. The van der Waals surface area contributed by atoms with Gasteiger partial charge in [-0.25, -0.2) is 4.98 Å². The fraction of sp³-hybridized carbons (Fsp3) is 0.429. The maximum atomic E-state index is 12.4. The van der Waals surface area contributed by atoms with Gasteiger partial charge in [-0.3, -0.25) is 4.79 Å². The third kappa shape index (κ3) is 1.97. The van der Waals surface area contributed by atoms with Gasteiger partial charge in [0.2, 0.25) is 0 Å². The molecule has 0 aliphatic rings. The first-order chi connectivity index (χ1) is 9.56. The molecular weight excluding hydrogens is 260 g/mol. The van der Waals surface area contributed by atoms with Gasteiger partial charge >= 0.3 is 0 Å². The Labute approximate surface area is 116 Å². The zero-order valence-electron chi connectivity index (χ0n) is 12.3. The maximum Gasteiger partial charge on any atom is 0.264 e. The minimum absolute atomic E-state index is 0.203. The third-order valence-corrected chi connectivity index (χ3v) is 3.16. The second-order valence-corrected chi connectivity index (χ2v) is 4.34. The Hall–Kier alpha value is -2.24. The van der Waals surface area contributed by atoms with E-state index < -0.39 is 0 Å². The number of aryl methyl sites for hydroxylation is 1. The van der Waals surface area contributed by atoms with Crippen molar-refractivity contribution in [1.29, 1.82) is 0 Å². The van der Waals surface area contributed by atoms with Crippen LogP contribution in [-0.2, 0) is 7.05 Å². The van der Waals surface area contributed by atoms with Crippen LogP contribution in [-0.4, -0.2) is 30.4 Å². The summed E-state index contributed by atoms with van der Waals surface area (Å²) in [5, 5.41) is 0.364. The highest BCUT2D eigenvalue weighted by Gasteiger charge is 2.23. The molecule has 6 heteroatoms. The fourth-order valence-electron chi connectivity index (χ4n) is 2.24. The molecule has 1 heterocycles. The smallest absolute Gasteiger partial charge is 0.264 e. The summed E-state index contributed by atoms with van der Waals surface area (Å²) in [4.78, 5) is 16.7. The van der Waals surface area contributed by atoms with Crippen LogP contribution >= 0.6 is 0 Å². The predicted molar refractivity (Wildman–Crippen MR) is 76.0 cm³/mol. The van der Waals surface area contributed by atoms with Gasteiger partial charge in [0, 0.05) is 12.6 Å². The van der Waals surface area contributed by atoms with E-state index in [1.807, 2.05) is 13.8 Å². The van der Waals surface area contributed by atoms with E-state index in [1.165, 1.54) is 25.1 Å². The van der Waals surface area contributed by atoms with E-state index in [2.05, 4.69) is 4.98 Å². The van der Waals surface area contributed by atoms with Crippen molar-refractivity contribution < 1.29 is 14.2 Å². The van der Waals surface area contributed by atoms with Gasteiger partial charge in [0.15, 0.2) is 17.2 Å². The number of nitrogens with zero attached hydrogens (tertiary/aromatic N) is 2. The first-order valence-corrected chi connectivity index (χ1v) is 6.29. The van der Waals surface area contributed by atoms with E-state index in [0.29, 0.717) is 34.8 Å². The average molecular weight is 278 g/mol. The first kappa shape index (κ1) is 14.2. The Morgan fingerprint density at radius 1 is 1.20 bits per heavy atom. The van der Waals surface area contributed by atoms with Crippen LogP contribution in [0.4, 0.5) is 0 Å². The molecule has 1 aromatic carbocycles. The highest BCUT2D eigenvalue weighted by atomic mass is 16.5. The van der Waals surface area contributed by atoms with Crippen molar-refractivity contribution in [3.8, 4) is 17.2 Å². The molecule has 0 bridgehead atoms. The van der Waals surface area contributed by atoms with Gasteiger partial charge in [-0.2, -0.15) is 0 Å². The molecule has 0 saturated heterocycles. The Balaban J connectivity index is 3.04. The lowest BCUT2D eigenvalue weighted by Crippen LogP contribution is -2.18. The van der Waals surface area contributed by atoms with Crippen molar-refractivity contribution in [2.45, 2.75) is 13.8 Å². The number of aromatic nitrogens is 2. The lowest BCUT2D eigenvalue weighted by Gasteiger charge is -2.17. The summed E-state index contributed by atoms with van der Waals surface area (Å²) in [5.74, 6) is 1.43. The standard InChI is InChI=1S/C14H18N2O4/c1-6-20-11-8(2)12(18-4)13(19-5)9-10(11)15-7-16(3)14(9)17/h7H,6H2,1-5H3. The normalized spacial score (nSPS) is 10.7. The summed E-state index contributed by atoms with van der Waals surface area (Å²) in [7, 11) is 4.68. The number of hydrogen-bond donors (Lipinski definition) is 0. The van der Waals surface area contributed by atoms with Gasteiger partial charge in [-0.15, -0.1) is 0 Å². The summed E-state index contributed by atoms with van der Waals surface area (Å²) in [6.45, 7) is 4.20. The summed E-state index contributed by atoms with van der Waals surface area (Å²) in [5.41, 5.74) is 1.05. The molecule has 0 aliphatic carbocycles. The van der Waals surface area contributed by atoms with Gasteiger partial charge in [-0.1, -0.05) is 0 Å². The number of methoxy groups -OCH3 is 2. The van der Waals surface area contributed by atoms with Gasteiger partial charge in [0.05, 0.1) is 27.2 Å². The fourth-order valence-corrected chi connectivity index (χ4v) is 2.24. The molecule has 0 atom stereocenters. The summed E-state index contributed by atoms with van der Waals surface area (Å²) in [6, 6.07) is 0. The van der Waals surface area contributed by atoms with Crippen LogP contribution in [0.2, 0.25) is 0 Å². The average Bonchev–Trinajstić information content (AvgIpc) is 2.45. The molecule has 0 aliphatic heterocycles. The lowest BCUT2D eigenvalue weighted by atomic mass is 10.1. The topological polar surface area (TPSA) is 62.6 Å². The molecule has 0 N–H and O–H groups in total. The van der Waals surface area contributed by atoms with Crippen LogP contribution in [0.5, 0.6) is 17.2 Å². The van der Waals surface area contributed by atoms with Crippen molar-refractivity contribution in [3.63, 3.8) is 0 Å². The molecule has 0 fully saturated rings. The Morgan fingerprint density at radius 3 is 2.40 bits per heavy atom. The molecule has 2 rings (SSSR count). The summed E-state index contributed by atoms with van der Waals surface area (Å²) in [6.07, 6.45) is 1.47. The number of hydrogen-bond acceptors (Lipinski definition) is 5. The van der Waals surface area contributed by atoms with Crippen molar-refractivity contribution in [2.75, 3.05) is 20.8 Å². The molecule has 0 unspecified atom stereocenters. The van der Waals surface area contributed by atoms with E-state index in [-0.39, 0.29) is 5.56 Å². The van der Waals surface area contributed by atoms with Gasteiger partial charge < -0.3 is 18.8 Å². The van der Waals surface area contributed by atoms with E-state index in [4.69, 9.17) is 14.2 Å².